The maximum Gasteiger partial charge on any atom is 0.234 e. The SMILES string of the molecule is CN1CCCN(c2cc(F)c3c(c2)CCC(=O)C(c2cn4cccnc4n2)=C3)CC1. The second-order valence-electron chi connectivity index (χ2n) is 8.08. The van der Waals surface area contributed by atoms with Crippen LogP contribution in [-0.2, 0) is 11.2 Å². The molecule has 0 N–H and O–H groups in total. The first-order valence-corrected chi connectivity index (χ1v) is 10.4. The maximum atomic E-state index is 15.2. The minimum atomic E-state index is -0.283. The minimum Gasteiger partial charge on any atom is -0.370 e. The molecule has 0 radical (unpaired) electrons. The number of carbonyl (C=O) groups is 1. The van der Waals surface area contributed by atoms with Gasteiger partial charge in [0.25, 0.3) is 0 Å². The quantitative estimate of drug-likeness (QED) is 0.656. The highest BCUT2D eigenvalue weighted by molar-refractivity contribution is 6.25. The molecule has 0 amide bonds. The maximum absolute atomic E-state index is 15.2. The summed E-state index contributed by atoms with van der Waals surface area (Å²) in [4.78, 5) is 26.1. The van der Waals surface area contributed by atoms with Crippen LogP contribution in [0.5, 0.6) is 0 Å². The molecular formula is C23H24FN5O. The Balaban J connectivity index is 1.54. The fraction of sp³-hybridized carbons (Fsp3) is 0.348. The summed E-state index contributed by atoms with van der Waals surface area (Å²) in [6, 6.07) is 5.47. The largest absolute Gasteiger partial charge is 0.370 e. The molecule has 0 unspecified atom stereocenters. The molecule has 7 heteroatoms. The number of fused-ring (bicyclic) bond motifs is 2. The van der Waals surface area contributed by atoms with Gasteiger partial charge in [-0.05, 0) is 56.3 Å². The molecule has 0 atom stereocenters. The lowest BCUT2D eigenvalue weighted by Gasteiger charge is -2.24. The molecule has 5 rings (SSSR count). The van der Waals surface area contributed by atoms with Crippen molar-refractivity contribution >= 4 is 28.9 Å². The lowest BCUT2D eigenvalue weighted by molar-refractivity contribution is -0.113. The molecule has 1 fully saturated rings. The Morgan fingerprint density at radius 1 is 1.10 bits per heavy atom. The highest BCUT2D eigenvalue weighted by atomic mass is 19.1. The highest BCUT2D eigenvalue weighted by Crippen LogP contribution is 2.32. The van der Waals surface area contributed by atoms with Gasteiger partial charge in [-0.3, -0.25) is 9.20 Å². The predicted molar refractivity (Wildman–Crippen MR) is 115 cm³/mol. The van der Waals surface area contributed by atoms with Crippen LogP contribution in [0, 0.1) is 5.82 Å². The number of hydrogen-bond acceptors (Lipinski definition) is 5. The monoisotopic (exact) mass is 405 g/mol. The lowest BCUT2D eigenvalue weighted by atomic mass is 10.0. The van der Waals surface area contributed by atoms with Crippen molar-refractivity contribution in [3.8, 4) is 0 Å². The van der Waals surface area contributed by atoms with Gasteiger partial charge in [0.2, 0.25) is 5.78 Å². The molecule has 1 aliphatic heterocycles. The summed E-state index contributed by atoms with van der Waals surface area (Å²) in [6.07, 6.45) is 8.86. The van der Waals surface area contributed by atoms with Crippen molar-refractivity contribution in [2.45, 2.75) is 19.3 Å². The van der Waals surface area contributed by atoms with Gasteiger partial charge in [0.15, 0.2) is 5.78 Å². The first kappa shape index (κ1) is 18.9. The third-order valence-corrected chi connectivity index (χ3v) is 6.01. The molecule has 1 saturated heterocycles. The van der Waals surface area contributed by atoms with Crippen molar-refractivity contribution in [3.63, 3.8) is 0 Å². The summed E-state index contributed by atoms with van der Waals surface area (Å²) in [5.41, 5.74) is 3.26. The van der Waals surface area contributed by atoms with Crippen LogP contribution in [0.2, 0.25) is 0 Å². The van der Waals surface area contributed by atoms with Crippen molar-refractivity contribution in [1.82, 2.24) is 19.3 Å². The number of carbonyl (C=O) groups excluding carboxylic acids is 1. The van der Waals surface area contributed by atoms with E-state index in [-0.39, 0.29) is 11.6 Å². The normalized spacial score (nSPS) is 18.1. The standard InChI is InChI=1S/C23H24FN5O/c1-27-7-3-9-28(11-10-27)17-12-16-4-5-22(30)19(14-18(16)20(24)13-17)21-15-29-8-2-6-25-23(29)26-21/h2,6,8,12-15H,3-5,7,9-11H2,1H3. The average Bonchev–Trinajstić information content (AvgIpc) is 2.94. The Morgan fingerprint density at radius 2 is 2.00 bits per heavy atom. The minimum absolute atomic E-state index is 0.0213. The van der Waals surface area contributed by atoms with E-state index in [2.05, 4.69) is 32.9 Å². The summed E-state index contributed by atoms with van der Waals surface area (Å²) >= 11 is 0. The smallest absolute Gasteiger partial charge is 0.234 e. The number of hydrogen-bond donors (Lipinski definition) is 0. The molecule has 30 heavy (non-hydrogen) atoms. The van der Waals surface area contributed by atoms with E-state index in [0.717, 1.165) is 43.9 Å². The number of imidazole rings is 1. The Bertz CT molecular complexity index is 1120. The van der Waals surface area contributed by atoms with Gasteiger partial charge in [0, 0.05) is 61.5 Å². The summed E-state index contributed by atoms with van der Waals surface area (Å²) in [5.74, 6) is 0.216. The number of rotatable bonds is 2. The lowest BCUT2D eigenvalue weighted by Crippen LogP contribution is -2.28. The first-order valence-electron chi connectivity index (χ1n) is 10.4. The van der Waals surface area contributed by atoms with Crippen LogP contribution in [0.4, 0.5) is 10.1 Å². The predicted octanol–water partition coefficient (Wildman–Crippen LogP) is 3.07. The van der Waals surface area contributed by atoms with E-state index in [0.29, 0.717) is 35.4 Å². The van der Waals surface area contributed by atoms with Crippen molar-refractivity contribution in [1.29, 1.82) is 0 Å². The molecule has 154 valence electrons. The highest BCUT2D eigenvalue weighted by Gasteiger charge is 2.23. The number of nitrogens with zero attached hydrogens (tertiary/aromatic N) is 5. The van der Waals surface area contributed by atoms with E-state index in [9.17, 15) is 4.79 Å². The van der Waals surface area contributed by atoms with E-state index >= 15 is 4.39 Å². The van der Waals surface area contributed by atoms with Gasteiger partial charge in [-0.15, -0.1) is 0 Å². The van der Waals surface area contributed by atoms with Crippen molar-refractivity contribution in [2.24, 2.45) is 0 Å². The Hall–Kier alpha value is -3.06. The van der Waals surface area contributed by atoms with Gasteiger partial charge < -0.3 is 9.80 Å². The molecule has 0 spiro atoms. The second-order valence-corrected chi connectivity index (χ2v) is 8.08. The van der Waals surface area contributed by atoms with Gasteiger partial charge >= 0.3 is 0 Å². The van der Waals surface area contributed by atoms with Crippen LogP contribution in [-0.4, -0.2) is 58.3 Å². The first-order chi connectivity index (χ1) is 14.6. The molecule has 3 heterocycles. The Kier molecular flexibility index (Phi) is 4.83. The third kappa shape index (κ3) is 3.50. The van der Waals surface area contributed by atoms with E-state index < -0.39 is 0 Å². The number of anilines is 1. The molecule has 2 aliphatic rings. The van der Waals surface area contributed by atoms with E-state index in [4.69, 9.17) is 0 Å². The zero-order chi connectivity index (χ0) is 20.7. The van der Waals surface area contributed by atoms with Crippen molar-refractivity contribution in [3.05, 3.63) is 59.4 Å². The van der Waals surface area contributed by atoms with Gasteiger partial charge in [0.05, 0.1) is 5.69 Å². The van der Waals surface area contributed by atoms with Gasteiger partial charge in [-0.2, -0.15) is 0 Å². The number of likely N-dealkylation sites (N-methyl/N-ethyl adjacent to an activating group) is 1. The van der Waals surface area contributed by atoms with Crippen LogP contribution >= 0.6 is 0 Å². The number of benzene rings is 1. The fourth-order valence-electron chi connectivity index (χ4n) is 4.30. The van der Waals surface area contributed by atoms with Gasteiger partial charge in [0.1, 0.15) is 5.82 Å². The second kappa shape index (κ2) is 7.65. The zero-order valence-corrected chi connectivity index (χ0v) is 17.0. The Morgan fingerprint density at radius 3 is 2.87 bits per heavy atom. The number of halogens is 1. The summed E-state index contributed by atoms with van der Waals surface area (Å²) < 4.78 is 17.0. The molecule has 0 bridgehead atoms. The van der Waals surface area contributed by atoms with Crippen LogP contribution in [0.25, 0.3) is 17.4 Å². The fourth-order valence-corrected chi connectivity index (χ4v) is 4.30. The zero-order valence-electron chi connectivity index (χ0n) is 17.0. The molecule has 6 nitrogen and oxygen atoms in total. The van der Waals surface area contributed by atoms with Crippen molar-refractivity contribution in [2.75, 3.05) is 38.1 Å². The third-order valence-electron chi connectivity index (χ3n) is 6.01. The molecule has 1 aliphatic carbocycles. The number of Topliss-reactive ketones (excluding diaryl/α,β-unsaturated/α-hetero) is 1. The average molecular weight is 405 g/mol. The molecule has 0 saturated carbocycles. The van der Waals surface area contributed by atoms with Crippen LogP contribution in [0.15, 0.2) is 36.8 Å². The number of aryl methyl sites for hydroxylation is 1. The summed E-state index contributed by atoms with van der Waals surface area (Å²) in [5, 5.41) is 0. The summed E-state index contributed by atoms with van der Waals surface area (Å²) in [6.45, 7) is 3.81. The van der Waals surface area contributed by atoms with Crippen LogP contribution in [0.3, 0.4) is 0 Å². The number of aromatic nitrogens is 3. The van der Waals surface area contributed by atoms with Crippen LogP contribution in [0.1, 0.15) is 29.7 Å². The van der Waals surface area contributed by atoms with Crippen LogP contribution < -0.4 is 4.90 Å². The molecular weight excluding hydrogens is 381 g/mol. The topological polar surface area (TPSA) is 53.7 Å². The van der Waals surface area contributed by atoms with Gasteiger partial charge in [-0.25, -0.2) is 14.4 Å². The van der Waals surface area contributed by atoms with E-state index in [1.54, 1.807) is 35.0 Å². The number of ketones is 1. The van der Waals surface area contributed by atoms with E-state index in [1.807, 2.05) is 6.20 Å². The van der Waals surface area contributed by atoms with Crippen molar-refractivity contribution < 1.29 is 9.18 Å². The number of allylic oxidation sites excluding steroid dienone is 1. The van der Waals surface area contributed by atoms with E-state index in [1.165, 1.54) is 0 Å². The molecule has 3 aromatic rings. The Labute approximate surface area is 174 Å². The molecule has 1 aromatic carbocycles. The molecule has 2 aromatic heterocycles. The summed E-state index contributed by atoms with van der Waals surface area (Å²) in [7, 11) is 2.12. The van der Waals surface area contributed by atoms with Gasteiger partial charge in [-0.1, -0.05) is 0 Å².